The van der Waals surface area contributed by atoms with E-state index in [1.807, 2.05) is 0 Å². The second-order valence-corrected chi connectivity index (χ2v) is 23.6. The maximum atomic E-state index is 13.7. The van der Waals surface area contributed by atoms with Gasteiger partial charge in [0.15, 0.2) is 18.9 Å². The molecule has 3 saturated heterocycles. The van der Waals surface area contributed by atoms with Crippen LogP contribution in [0.4, 0.5) is 0 Å². The van der Waals surface area contributed by atoms with Gasteiger partial charge in [0, 0.05) is 6.92 Å². The largest absolute Gasteiger partial charge is 0.394 e. The molecule has 2 amide bonds. The summed E-state index contributed by atoms with van der Waals surface area (Å²) in [7, 11) is 0. The smallest absolute Gasteiger partial charge is 0.249 e. The molecular weight excluding hydrogens is 1070 g/mol. The highest BCUT2D eigenvalue weighted by Crippen LogP contribution is 2.32. The molecule has 0 aromatic rings. The van der Waals surface area contributed by atoms with Gasteiger partial charge in [-0.1, -0.05) is 206 Å². The first-order valence-electron chi connectivity index (χ1n) is 32.0. The second-order valence-electron chi connectivity index (χ2n) is 23.6. The Bertz CT molecular complexity index is 1610. The minimum atomic E-state index is -2.01. The number of carbonyl (C=O) groups excluding carboxylic acids is 2. The Kier molecular flexibility index (Phi) is 39.8. The second kappa shape index (κ2) is 43.8. The maximum Gasteiger partial charge on any atom is 0.249 e. The molecule has 3 fully saturated rings. The SMILES string of the molecule is CCCCCCCCCCCCCCCCCCCCC[C@@H](O)C(=O)N[C@@H](CO[C@H]1O[C@H](CO[C@@H]2O[C@H](CO)[C@H](O)[C@H](O)[C@H]2NC(C)=O)[C@H](O)[C@H](O)[C@H]1O[C@H]1O[C@H](CO)[C@H](O)[C@H](O)[C@H]1O)[C@H](O)[C@H](O)CCCCCCCCCCCCC. The highest BCUT2D eigenvalue weighted by atomic mass is 16.8. The molecule has 484 valence electrons. The fourth-order valence-corrected chi connectivity index (χ4v) is 11.2. The Morgan fingerprint density at radius 3 is 1.32 bits per heavy atom. The molecule has 0 aromatic carbocycles. The van der Waals surface area contributed by atoms with E-state index in [0.29, 0.717) is 12.8 Å². The topological polar surface area (TPSA) is 356 Å². The van der Waals surface area contributed by atoms with E-state index in [-0.39, 0.29) is 12.8 Å². The molecular formula is C60H114N2O20. The Morgan fingerprint density at radius 1 is 0.463 bits per heavy atom. The van der Waals surface area contributed by atoms with Gasteiger partial charge in [-0.05, 0) is 12.8 Å². The van der Waals surface area contributed by atoms with E-state index in [1.165, 1.54) is 122 Å². The third-order valence-corrected chi connectivity index (χ3v) is 16.5. The van der Waals surface area contributed by atoms with Gasteiger partial charge in [-0.25, -0.2) is 0 Å². The van der Waals surface area contributed by atoms with Crippen LogP contribution in [0.15, 0.2) is 0 Å². The number of aliphatic hydroxyl groups excluding tert-OH is 12. The number of rotatable bonds is 47. The van der Waals surface area contributed by atoms with Crippen molar-refractivity contribution >= 4 is 11.8 Å². The third-order valence-electron chi connectivity index (χ3n) is 16.5. The van der Waals surface area contributed by atoms with E-state index in [9.17, 15) is 70.9 Å². The van der Waals surface area contributed by atoms with Gasteiger partial charge < -0.3 is 100 Å². The van der Waals surface area contributed by atoms with E-state index in [4.69, 9.17) is 28.4 Å². The fraction of sp³-hybridized carbons (Fsp3) is 0.967. The first-order valence-corrected chi connectivity index (χ1v) is 32.0. The van der Waals surface area contributed by atoms with Crippen molar-refractivity contribution in [2.45, 2.75) is 343 Å². The molecule has 0 bridgehead atoms. The van der Waals surface area contributed by atoms with E-state index < -0.39 is 155 Å². The summed E-state index contributed by atoms with van der Waals surface area (Å²) in [6, 6.07) is -2.82. The van der Waals surface area contributed by atoms with Crippen LogP contribution in [0.2, 0.25) is 0 Å². The lowest BCUT2D eigenvalue weighted by Crippen LogP contribution is -2.66. The number of hydrogen-bond donors (Lipinski definition) is 14. The van der Waals surface area contributed by atoms with Gasteiger partial charge in [0.25, 0.3) is 0 Å². The predicted octanol–water partition coefficient (Wildman–Crippen LogP) is 3.69. The molecule has 3 heterocycles. The number of ether oxygens (including phenoxy) is 6. The predicted molar refractivity (Wildman–Crippen MR) is 306 cm³/mol. The monoisotopic (exact) mass is 1180 g/mol. The lowest BCUT2D eigenvalue weighted by atomic mass is 9.96. The number of amides is 2. The number of aliphatic hydroxyl groups is 12. The van der Waals surface area contributed by atoms with Crippen LogP contribution in [0.3, 0.4) is 0 Å². The molecule has 0 radical (unpaired) electrons. The van der Waals surface area contributed by atoms with Crippen molar-refractivity contribution in [3.05, 3.63) is 0 Å². The van der Waals surface area contributed by atoms with Gasteiger partial charge in [-0.3, -0.25) is 9.59 Å². The summed E-state index contributed by atoms with van der Waals surface area (Å²) in [6.45, 7) is 2.64. The summed E-state index contributed by atoms with van der Waals surface area (Å²) < 4.78 is 35.2. The lowest BCUT2D eigenvalue weighted by Gasteiger charge is -2.47. The van der Waals surface area contributed by atoms with Crippen LogP contribution in [0.25, 0.3) is 0 Å². The van der Waals surface area contributed by atoms with Gasteiger partial charge in [0.1, 0.15) is 85.4 Å². The lowest BCUT2D eigenvalue weighted by molar-refractivity contribution is -0.371. The van der Waals surface area contributed by atoms with Crippen LogP contribution >= 0.6 is 0 Å². The molecule has 22 heteroatoms. The average molecular weight is 1180 g/mol. The molecule has 19 atom stereocenters. The van der Waals surface area contributed by atoms with Gasteiger partial charge in [-0.15, -0.1) is 0 Å². The highest BCUT2D eigenvalue weighted by molar-refractivity contribution is 5.80. The van der Waals surface area contributed by atoms with Crippen molar-refractivity contribution in [1.29, 1.82) is 0 Å². The first kappa shape index (κ1) is 74.5. The van der Waals surface area contributed by atoms with Crippen molar-refractivity contribution in [1.82, 2.24) is 10.6 Å². The van der Waals surface area contributed by atoms with Gasteiger partial charge in [-0.2, -0.15) is 0 Å². The number of nitrogens with one attached hydrogen (secondary N) is 2. The van der Waals surface area contributed by atoms with E-state index in [0.717, 1.165) is 64.7 Å². The van der Waals surface area contributed by atoms with Gasteiger partial charge in [0.05, 0.1) is 38.6 Å². The Hall–Kier alpha value is -1.78. The third kappa shape index (κ3) is 27.5. The Labute approximate surface area is 489 Å². The molecule has 0 spiro atoms. The molecule has 22 nitrogen and oxygen atoms in total. The quantitative estimate of drug-likeness (QED) is 0.0386. The summed E-state index contributed by atoms with van der Waals surface area (Å²) in [5.74, 6) is -1.48. The zero-order valence-corrected chi connectivity index (χ0v) is 50.1. The molecule has 0 saturated carbocycles. The van der Waals surface area contributed by atoms with Crippen molar-refractivity contribution in [2.75, 3.05) is 26.4 Å². The summed E-state index contributed by atoms with van der Waals surface area (Å²) in [4.78, 5) is 25.8. The van der Waals surface area contributed by atoms with E-state index in [1.54, 1.807) is 0 Å². The molecule has 0 unspecified atom stereocenters. The molecule has 3 rings (SSSR count). The summed E-state index contributed by atoms with van der Waals surface area (Å²) >= 11 is 0. The molecule has 0 aromatic heterocycles. The maximum absolute atomic E-state index is 13.7. The van der Waals surface area contributed by atoms with Crippen molar-refractivity contribution < 1.29 is 99.3 Å². The molecule has 14 N–H and O–H groups in total. The highest BCUT2D eigenvalue weighted by Gasteiger charge is 2.52. The summed E-state index contributed by atoms with van der Waals surface area (Å²) in [5, 5.41) is 135. The zero-order valence-electron chi connectivity index (χ0n) is 50.1. The van der Waals surface area contributed by atoms with Crippen LogP contribution in [0, 0.1) is 0 Å². The number of unbranched alkanes of at least 4 members (excludes halogenated alkanes) is 28. The molecule has 82 heavy (non-hydrogen) atoms. The standard InChI is InChI=1S/C60H114N2O20/c1-4-6-8-10-12-14-16-17-18-19-20-21-22-23-25-27-29-31-33-35-43(67)57(76)62-41(48(68)42(66)34-32-30-28-26-24-15-13-11-9-7-5-2)38-77-60-56(82-59-55(75)53(73)50(70)45(37-64)80-59)54(74)51(71)46(81-60)39-78-58-47(61-40(3)65)52(72)49(69)44(36-63)79-58/h41-56,58-60,63-64,66-75H,4-39H2,1-3H3,(H,61,65)(H,62,76)/t41-,42+,43+,44+,45+,46+,47+,48-,49-,50-,51-,52+,53-,54-,55+,56+,58+,59+,60-/m0/s1. The fourth-order valence-electron chi connectivity index (χ4n) is 11.2. The van der Waals surface area contributed by atoms with Crippen molar-refractivity contribution in [3.8, 4) is 0 Å². The minimum absolute atomic E-state index is 0.130. The zero-order chi connectivity index (χ0) is 60.2. The van der Waals surface area contributed by atoms with Crippen LogP contribution in [-0.2, 0) is 38.0 Å². The van der Waals surface area contributed by atoms with Crippen molar-refractivity contribution in [3.63, 3.8) is 0 Å². The van der Waals surface area contributed by atoms with Crippen molar-refractivity contribution in [2.24, 2.45) is 0 Å². The Morgan fingerprint density at radius 2 is 0.866 bits per heavy atom. The van der Waals surface area contributed by atoms with Crippen LogP contribution in [-0.4, -0.2) is 216 Å². The Balaban J connectivity index is 1.68. The normalized spacial score (nSPS) is 30.2. The van der Waals surface area contributed by atoms with Gasteiger partial charge >= 0.3 is 0 Å². The molecule has 3 aliphatic rings. The molecule has 3 aliphatic heterocycles. The number of carbonyl (C=O) groups is 2. The van der Waals surface area contributed by atoms with E-state index >= 15 is 0 Å². The minimum Gasteiger partial charge on any atom is -0.394 e. The summed E-state index contributed by atoms with van der Waals surface area (Å²) in [5.41, 5.74) is 0. The van der Waals surface area contributed by atoms with Crippen LogP contribution in [0.5, 0.6) is 0 Å². The number of hydrogen-bond acceptors (Lipinski definition) is 20. The average Bonchev–Trinajstić information content (AvgIpc) is 3.60. The van der Waals surface area contributed by atoms with Crippen LogP contribution in [0.1, 0.15) is 226 Å². The summed E-state index contributed by atoms with van der Waals surface area (Å²) in [6.07, 6.45) is 5.91. The first-order chi connectivity index (χ1) is 39.5. The van der Waals surface area contributed by atoms with E-state index in [2.05, 4.69) is 24.5 Å². The van der Waals surface area contributed by atoms with Gasteiger partial charge in [0.2, 0.25) is 11.8 Å². The molecule has 0 aliphatic carbocycles. The van der Waals surface area contributed by atoms with Crippen LogP contribution < -0.4 is 10.6 Å².